The van der Waals surface area contributed by atoms with Gasteiger partial charge in [0.2, 0.25) is 3.79 Å². The van der Waals surface area contributed by atoms with E-state index < -0.39 is 20.8 Å². The van der Waals surface area contributed by atoms with Crippen molar-refractivity contribution in [1.29, 1.82) is 0 Å². The number of benzene rings is 2. The predicted octanol–water partition coefficient (Wildman–Crippen LogP) is 5.31. The summed E-state index contributed by atoms with van der Waals surface area (Å²) in [5.41, 5.74) is 0.130. The number of non-ortho nitro benzene ring substituents is 1. The van der Waals surface area contributed by atoms with E-state index in [1.807, 2.05) is 0 Å². The quantitative estimate of drug-likeness (QED) is 0.164. The van der Waals surface area contributed by atoms with Crippen LogP contribution in [0.4, 0.5) is 11.4 Å². The van der Waals surface area contributed by atoms with Crippen molar-refractivity contribution in [3.05, 3.63) is 68.2 Å². The van der Waals surface area contributed by atoms with E-state index in [0.717, 1.165) is 6.07 Å². The highest BCUT2D eigenvalue weighted by Crippen LogP contribution is 2.30. The van der Waals surface area contributed by atoms with Crippen LogP contribution in [0.1, 0.15) is 10.4 Å². The van der Waals surface area contributed by atoms with E-state index in [2.05, 4.69) is 16.0 Å². The van der Waals surface area contributed by atoms with E-state index in [-0.39, 0.29) is 16.4 Å². The number of amides is 1. The minimum atomic E-state index is -2.01. The Morgan fingerprint density at radius 1 is 1.10 bits per heavy atom. The van der Waals surface area contributed by atoms with Crippen LogP contribution in [0.3, 0.4) is 0 Å². The molecule has 0 radical (unpaired) electrons. The smallest absolute Gasteiger partial charge is 0.270 e. The van der Waals surface area contributed by atoms with E-state index in [9.17, 15) is 14.9 Å². The number of nitro groups is 1. The van der Waals surface area contributed by atoms with Crippen molar-refractivity contribution in [2.75, 3.05) is 5.32 Å². The van der Waals surface area contributed by atoms with Crippen LogP contribution in [-0.4, -0.2) is 25.9 Å². The van der Waals surface area contributed by atoms with Gasteiger partial charge in [-0.25, -0.2) is 0 Å². The second kappa shape index (κ2) is 9.97. The molecule has 2 rings (SSSR count). The van der Waals surface area contributed by atoms with Crippen LogP contribution in [0.25, 0.3) is 0 Å². The number of nitrogens with one attached hydrogen (secondary N) is 3. The number of halogens is 5. The van der Waals surface area contributed by atoms with Gasteiger partial charge in [-0.3, -0.25) is 14.9 Å². The van der Waals surface area contributed by atoms with Gasteiger partial charge in [0.1, 0.15) is 6.17 Å². The SMILES string of the molecule is O=C(NC(NC(=S)Nc1cc(Cl)ccc1Cl)C(Cl)(Cl)Cl)c1cccc([N+](=O)[O-])c1. The van der Waals surface area contributed by atoms with E-state index in [1.165, 1.54) is 24.3 Å². The molecule has 0 aliphatic heterocycles. The predicted molar refractivity (Wildman–Crippen MR) is 120 cm³/mol. The molecule has 0 saturated carbocycles. The Bertz CT molecular complexity index is 954. The number of hydrogen-bond acceptors (Lipinski definition) is 4. The van der Waals surface area contributed by atoms with Crippen LogP contribution >= 0.6 is 70.2 Å². The molecule has 154 valence electrons. The first-order valence-electron chi connectivity index (χ1n) is 7.62. The first kappa shape index (κ1) is 23.7. The van der Waals surface area contributed by atoms with E-state index in [1.54, 1.807) is 12.1 Å². The first-order valence-corrected chi connectivity index (χ1v) is 9.92. The maximum atomic E-state index is 12.5. The molecule has 0 bridgehead atoms. The van der Waals surface area contributed by atoms with Crippen LogP contribution in [0.5, 0.6) is 0 Å². The summed E-state index contributed by atoms with van der Waals surface area (Å²) in [4.78, 5) is 22.7. The fourth-order valence-corrected chi connectivity index (χ4v) is 2.95. The van der Waals surface area contributed by atoms with Crippen molar-refractivity contribution in [3.8, 4) is 0 Å². The summed E-state index contributed by atoms with van der Waals surface area (Å²) < 4.78 is -2.01. The molecule has 29 heavy (non-hydrogen) atoms. The van der Waals surface area contributed by atoms with Crippen LogP contribution in [0.15, 0.2) is 42.5 Å². The average molecular weight is 517 g/mol. The lowest BCUT2D eigenvalue weighted by Crippen LogP contribution is -2.56. The Balaban J connectivity index is 2.14. The fourth-order valence-electron chi connectivity index (χ4n) is 2.06. The Morgan fingerprint density at radius 3 is 2.41 bits per heavy atom. The fraction of sp³-hybridized carbons (Fsp3) is 0.125. The van der Waals surface area contributed by atoms with Gasteiger partial charge in [0, 0.05) is 22.7 Å². The van der Waals surface area contributed by atoms with Gasteiger partial charge < -0.3 is 16.0 Å². The number of carbonyl (C=O) groups is 1. The molecule has 1 unspecified atom stereocenters. The summed E-state index contributed by atoms with van der Waals surface area (Å²) >= 11 is 34.9. The van der Waals surface area contributed by atoms with Crippen molar-refractivity contribution >= 4 is 92.6 Å². The number of nitrogens with zero attached hydrogens (tertiary/aromatic N) is 1. The standard InChI is InChI=1S/C16H11Cl5N4O3S/c17-9-4-5-11(18)12(7-9)22-15(29)24-14(16(19,20)21)23-13(26)8-2-1-3-10(6-8)25(27)28/h1-7,14H,(H,23,26)(H2,22,24,29). The lowest BCUT2D eigenvalue weighted by Gasteiger charge is -2.28. The summed E-state index contributed by atoms with van der Waals surface area (Å²) in [5, 5.41) is 19.5. The largest absolute Gasteiger partial charge is 0.339 e. The van der Waals surface area contributed by atoms with Gasteiger partial charge in [-0.15, -0.1) is 0 Å². The summed E-state index contributed by atoms with van der Waals surface area (Å²) in [6.45, 7) is 0. The van der Waals surface area contributed by atoms with Crippen LogP contribution in [0.2, 0.25) is 10.0 Å². The molecule has 0 saturated heterocycles. The zero-order chi connectivity index (χ0) is 21.8. The normalized spacial score (nSPS) is 12.0. The lowest BCUT2D eigenvalue weighted by atomic mass is 10.2. The molecule has 1 amide bonds. The number of hydrogen-bond donors (Lipinski definition) is 3. The number of alkyl halides is 3. The third-order valence-corrected chi connectivity index (χ3v) is 4.81. The Hall–Kier alpha value is -1.55. The molecule has 1 atom stereocenters. The number of thiocarbonyl (C=S) groups is 1. The second-order valence-corrected chi connectivity index (χ2v) is 9.10. The van der Waals surface area contributed by atoms with Crippen LogP contribution in [0, 0.1) is 10.1 Å². The molecule has 2 aromatic rings. The molecule has 0 aliphatic carbocycles. The highest BCUT2D eigenvalue weighted by atomic mass is 35.6. The third-order valence-electron chi connectivity index (χ3n) is 3.37. The van der Waals surface area contributed by atoms with Crippen molar-refractivity contribution < 1.29 is 9.72 Å². The van der Waals surface area contributed by atoms with Gasteiger partial charge >= 0.3 is 0 Å². The molecular formula is C16H11Cl5N4O3S. The average Bonchev–Trinajstić information content (AvgIpc) is 2.63. The molecule has 0 fully saturated rings. The number of carbonyl (C=O) groups excluding carboxylic acids is 1. The second-order valence-electron chi connectivity index (χ2n) is 5.48. The molecule has 0 heterocycles. The molecule has 13 heteroatoms. The van der Waals surface area contributed by atoms with Gasteiger partial charge in [-0.05, 0) is 36.5 Å². The number of rotatable bonds is 5. The van der Waals surface area contributed by atoms with E-state index >= 15 is 0 Å². The summed E-state index contributed by atoms with van der Waals surface area (Å²) in [7, 11) is 0. The van der Waals surface area contributed by atoms with Crippen molar-refractivity contribution in [2.24, 2.45) is 0 Å². The lowest BCUT2D eigenvalue weighted by molar-refractivity contribution is -0.384. The van der Waals surface area contributed by atoms with E-state index in [4.69, 9.17) is 70.2 Å². The highest BCUT2D eigenvalue weighted by Gasteiger charge is 2.35. The molecule has 2 aromatic carbocycles. The monoisotopic (exact) mass is 514 g/mol. The molecular weight excluding hydrogens is 506 g/mol. The Morgan fingerprint density at radius 2 is 1.79 bits per heavy atom. The third kappa shape index (κ3) is 7.02. The molecule has 0 aliphatic rings. The van der Waals surface area contributed by atoms with Crippen molar-refractivity contribution in [2.45, 2.75) is 9.96 Å². The zero-order valence-electron chi connectivity index (χ0n) is 14.1. The summed E-state index contributed by atoms with van der Waals surface area (Å²) in [6, 6.07) is 9.75. The Labute approximate surface area is 195 Å². The first-order chi connectivity index (χ1) is 13.5. The zero-order valence-corrected chi connectivity index (χ0v) is 18.7. The van der Waals surface area contributed by atoms with Gasteiger partial charge in [0.15, 0.2) is 5.11 Å². The highest BCUT2D eigenvalue weighted by molar-refractivity contribution is 7.80. The van der Waals surface area contributed by atoms with Gasteiger partial charge in [0.05, 0.1) is 15.6 Å². The molecule has 7 nitrogen and oxygen atoms in total. The Kier molecular flexibility index (Phi) is 8.16. The minimum absolute atomic E-state index is 0.00277. The summed E-state index contributed by atoms with van der Waals surface area (Å²) in [6.07, 6.45) is -1.28. The number of nitro benzene ring substituents is 1. The van der Waals surface area contributed by atoms with Gasteiger partial charge in [0.25, 0.3) is 11.6 Å². The molecule has 3 N–H and O–H groups in total. The van der Waals surface area contributed by atoms with E-state index in [0.29, 0.717) is 15.7 Å². The van der Waals surface area contributed by atoms with Crippen LogP contribution < -0.4 is 16.0 Å². The van der Waals surface area contributed by atoms with Crippen molar-refractivity contribution in [3.63, 3.8) is 0 Å². The minimum Gasteiger partial charge on any atom is -0.339 e. The number of anilines is 1. The topological polar surface area (TPSA) is 96.3 Å². The molecule has 0 spiro atoms. The van der Waals surface area contributed by atoms with Gasteiger partial charge in [-0.2, -0.15) is 0 Å². The maximum Gasteiger partial charge on any atom is 0.270 e. The van der Waals surface area contributed by atoms with Gasteiger partial charge in [-0.1, -0.05) is 64.1 Å². The van der Waals surface area contributed by atoms with Crippen LogP contribution in [-0.2, 0) is 0 Å². The van der Waals surface area contributed by atoms with Crippen molar-refractivity contribution in [1.82, 2.24) is 10.6 Å². The summed E-state index contributed by atoms with van der Waals surface area (Å²) in [5.74, 6) is -0.721. The molecule has 0 aromatic heterocycles. The maximum absolute atomic E-state index is 12.5.